The van der Waals surface area contributed by atoms with Crippen LogP contribution in [0, 0.1) is 23.7 Å². The van der Waals surface area contributed by atoms with E-state index in [1.54, 1.807) is 6.07 Å². The molecule has 0 spiro atoms. The highest BCUT2D eigenvalue weighted by Gasteiger charge is 2.43. The molecule has 0 aliphatic heterocycles. The summed E-state index contributed by atoms with van der Waals surface area (Å²) in [5, 5.41) is 8.79. The molecule has 1 aliphatic carbocycles. The lowest BCUT2D eigenvalue weighted by atomic mass is 9.95. The number of benzene rings is 1. The molecular formula is C12H8BrN. The molecule has 0 N–H and O–H groups in total. The number of hydrogen-bond donors (Lipinski definition) is 0. The van der Waals surface area contributed by atoms with E-state index in [0.717, 1.165) is 22.9 Å². The SMILES string of the molecule is C#CC1(c2cc(C#N)ccc2Br)CC1. The molecule has 0 aromatic heterocycles. The average Bonchev–Trinajstić information content (AvgIpc) is 2.99. The first-order chi connectivity index (χ1) is 6.72. The molecule has 0 unspecified atom stereocenters. The first-order valence-corrected chi connectivity index (χ1v) is 5.19. The Bertz CT molecular complexity index is 458. The van der Waals surface area contributed by atoms with Gasteiger partial charge in [0.25, 0.3) is 0 Å². The van der Waals surface area contributed by atoms with Crippen molar-refractivity contribution < 1.29 is 0 Å². The summed E-state index contributed by atoms with van der Waals surface area (Å²) in [6, 6.07) is 7.70. The third-order valence-corrected chi connectivity index (χ3v) is 3.33. The Morgan fingerprint density at radius 3 is 2.64 bits per heavy atom. The van der Waals surface area contributed by atoms with Crippen molar-refractivity contribution in [3.05, 3.63) is 33.8 Å². The van der Waals surface area contributed by atoms with Crippen LogP contribution in [0.15, 0.2) is 22.7 Å². The first kappa shape index (κ1) is 9.31. The zero-order valence-electron chi connectivity index (χ0n) is 7.55. The first-order valence-electron chi connectivity index (χ1n) is 4.40. The van der Waals surface area contributed by atoms with Gasteiger partial charge in [0.15, 0.2) is 0 Å². The maximum Gasteiger partial charge on any atom is 0.0991 e. The molecule has 1 fully saturated rings. The van der Waals surface area contributed by atoms with Crippen LogP contribution in [0.2, 0.25) is 0 Å². The number of hydrogen-bond acceptors (Lipinski definition) is 1. The van der Waals surface area contributed by atoms with E-state index in [-0.39, 0.29) is 5.41 Å². The summed E-state index contributed by atoms with van der Waals surface area (Å²) < 4.78 is 1.01. The molecule has 2 heteroatoms. The predicted molar refractivity (Wildman–Crippen MR) is 58.6 cm³/mol. The van der Waals surface area contributed by atoms with E-state index in [1.165, 1.54) is 0 Å². The lowest BCUT2D eigenvalue weighted by molar-refractivity contribution is 0.922. The standard InChI is InChI=1S/C12H8BrN/c1-2-12(5-6-12)10-7-9(8-14)3-4-11(10)13/h1,3-4,7H,5-6H2. The summed E-state index contributed by atoms with van der Waals surface area (Å²) in [5.41, 5.74) is 1.65. The van der Waals surface area contributed by atoms with Gasteiger partial charge in [-0.15, -0.1) is 6.42 Å². The van der Waals surface area contributed by atoms with E-state index in [9.17, 15) is 0 Å². The summed E-state index contributed by atoms with van der Waals surface area (Å²) in [5.74, 6) is 2.82. The second-order valence-electron chi connectivity index (χ2n) is 3.53. The quantitative estimate of drug-likeness (QED) is 0.699. The Morgan fingerprint density at radius 2 is 2.14 bits per heavy atom. The van der Waals surface area contributed by atoms with Crippen molar-refractivity contribution in [3.8, 4) is 18.4 Å². The van der Waals surface area contributed by atoms with Crippen LogP contribution in [0.1, 0.15) is 24.0 Å². The maximum absolute atomic E-state index is 8.79. The smallest absolute Gasteiger partial charge is 0.0991 e. The molecule has 0 saturated heterocycles. The molecule has 0 bridgehead atoms. The van der Waals surface area contributed by atoms with Crippen LogP contribution >= 0.6 is 15.9 Å². The van der Waals surface area contributed by atoms with Crippen molar-refractivity contribution in [2.45, 2.75) is 18.3 Å². The van der Waals surface area contributed by atoms with Crippen LogP contribution in [0.25, 0.3) is 0 Å². The minimum atomic E-state index is -0.105. The zero-order chi connectivity index (χ0) is 10.2. The van der Waals surface area contributed by atoms with Gasteiger partial charge in [-0.3, -0.25) is 0 Å². The lowest BCUT2D eigenvalue weighted by Gasteiger charge is -2.10. The molecule has 0 atom stereocenters. The molecule has 14 heavy (non-hydrogen) atoms. The second-order valence-corrected chi connectivity index (χ2v) is 4.39. The highest BCUT2D eigenvalue weighted by atomic mass is 79.9. The summed E-state index contributed by atoms with van der Waals surface area (Å²) in [7, 11) is 0. The fraction of sp³-hybridized carbons (Fsp3) is 0.250. The van der Waals surface area contributed by atoms with Gasteiger partial charge >= 0.3 is 0 Å². The van der Waals surface area contributed by atoms with Crippen LogP contribution < -0.4 is 0 Å². The molecular weight excluding hydrogens is 238 g/mol. The molecule has 68 valence electrons. The van der Waals surface area contributed by atoms with E-state index in [2.05, 4.69) is 27.9 Å². The van der Waals surface area contributed by atoms with Crippen molar-refractivity contribution in [2.75, 3.05) is 0 Å². The Kier molecular flexibility index (Phi) is 2.10. The Hall–Kier alpha value is -1.25. The van der Waals surface area contributed by atoms with Gasteiger partial charge in [0.1, 0.15) is 0 Å². The number of rotatable bonds is 1. The van der Waals surface area contributed by atoms with Crippen LogP contribution in [-0.4, -0.2) is 0 Å². The van der Waals surface area contributed by atoms with Crippen LogP contribution in [0.4, 0.5) is 0 Å². The van der Waals surface area contributed by atoms with Crippen LogP contribution in [-0.2, 0) is 5.41 Å². The topological polar surface area (TPSA) is 23.8 Å². The monoisotopic (exact) mass is 245 g/mol. The Labute approximate surface area is 91.9 Å². The Balaban J connectivity index is 2.54. The fourth-order valence-electron chi connectivity index (χ4n) is 1.58. The van der Waals surface area contributed by atoms with E-state index >= 15 is 0 Å². The van der Waals surface area contributed by atoms with Gasteiger partial charge < -0.3 is 0 Å². The van der Waals surface area contributed by atoms with E-state index < -0.39 is 0 Å². The minimum Gasteiger partial charge on any atom is -0.192 e. The lowest BCUT2D eigenvalue weighted by Crippen LogP contribution is -2.03. The molecule has 1 aliphatic rings. The highest BCUT2D eigenvalue weighted by molar-refractivity contribution is 9.10. The predicted octanol–water partition coefficient (Wildman–Crippen LogP) is 2.99. The molecule has 1 aromatic rings. The molecule has 0 amide bonds. The van der Waals surface area contributed by atoms with Crippen molar-refractivity contribution in [1.29, 1.82) is 5.26 Å². The van der Waals surface area contributed by atoms with Crippen molar-refractivity contribution >= 4 is 15.9 Å². The van der Waals surface area contributed by atoms with Crippen molar-refractivity contribution in [2.24, 2.45) is 0 Å². The number of nitriles is 1. The van der Waals surface area contributed by atoms with Gasteiger partial charge in [-0.2, -0.15) is 5.26 Å². The summed E-state index contributed by atoms with van der Waals surface area (Å²) in [4.78, 5) is 0. The molecule has 0 radical (unpaired) electrons. The summed E-state index contributed by atoms with van der Waals surface area (Å²) in [6.07, 6.45) is 7.56. The average molecular weight is 246 g/mol. The third-order valence-electron chi connectivity index (χ3n) is 2.64. The second kappa shape index (κ2) is 3.15. The van der Waals surface area contributed by atoms with Crippen molar-refractivity contribution in [1.82, 2.24) is 0 Å². The number of nitrogens with zero attached hydrogens (tertiary/aromatic N) is 1. The molecule has 0 heterocycles. The Morgan fingerprint density at radius 1 is 1.43 bits per heavy atom. The minimum absolute atomic E-state index is 0.105. The largest absolute Gasteiger partial charge is 0.192 e. The number of terminal acetylenes is 1. The van der Waals surface area contributed by atoms with Crippen LogP contribution in [0.5, 0.6) is 0 Å². The molecule has 1 saturated carbocycles. The fourth-order valence-corrected chi connectivity index (χ4v) is 2.20. The van der Waals surface area contributed by atoms with Gasteiger partial charge in [-0.1, -0.05) is 21.9 Å². The van der Waals surface area contributed by atoms with Gasteiger partial charge in [-0.25, -0.2) is 0 Å². The molecule has 1 nitrogen and oxygen atoms in total. The summed E-state index contributed by atoms with van der Waals surface area (Å²) >= 11 is 3.47. The van der Waals surface area contributed by atoms with Gasteiger partial charge in [0.2, 0.25) is 0 Å². The van der Waals surface area contributed by atoms with E-state index in [0.29, 0.717) is 5.56 Å². The maximum atomic E-state index is 8.79. The third kappa shape index (κ3) is 1.33. The van der Waals surface area contributed by atoms with Gasteiger partial charge in [-0.05, 0) is 36.6 Å². The molecule has 2 rings (SSSR count). The normalized spacial score (nSPS) is 16.8. The molecule has 1 aromatic carbocycles. The summed E-state index contributed by atoms with van der Waals surface area (Å²) in [6.45, 7) is 0. The van der Waals surface area contributed by atoms with E-state index in [1.807, 2.05) is 12.1 Å². The van der Waals surface area contributed by atoms with E-state index in [4.69, 9.17) is 11.7 Å². The van der Waals surface area contributed by atoms with Gasteiger partial charge in [0.05, 0.1) is 17.0 Å². The zero-order valence-corrected chi connectivity index (χ0v) is 9.13. The van der Waals surface area contributed by atoms with Crippen molar-refractivity contribution in [3.63, 3.8) is 0 Å². The highest BCUT2D eigenvalue weighted by Crippen LogP contribution is 2.50. The van der Waals surface area contributed by atoms with Gasteiger partial charge in [0, 0.05) is 4.47 Å². The number of halogens is 1. The van der Waals surface area contributed by atoms with Crippen LogP contribution in [0.3, 0.4) is 0 Å².